The molecule has 0 aromatic carbocycles. The number of carbonyl (C=O) groups is 1. The van der Waals surface area contributed by atoms with Crippen molar-refractivity contribution in [3.8, 4) is 11.4 Å². The quantitative estimate of drug-likeness (QED) is 0.835. The van der Waals surface area contributed by atoms with E-state index in [1.54, 1.807) is 0 Å². The van der Waals surface area contributed by atoms with Gasteiger partial charge < -0.3 is 4.90 Å². The summed E-state index contributed by atoms with van der Waals surface area (Å²) in [6.45, 7) is 11.9. The van der Waals surface area contributed by atoms with Crippen molar-refractivity contribution < 1.29 is 4.79 Å². The minimum atomic E-state index is -0.303. The number of rotatable bonds is 4. The molecule has 0 spiro atoms. The second kappa shape index (κ2) is 7.22. The van der Waals surface area contributed by atoms with Crippen LogP contribution in [0.3, 0.4) is 0 Å². The van der Waals surface area contributed by atoms with Gasteiger partial charge in [-0.1, -0.05) is 26.8 Å². The van der Waals surface area contributed by atoms with Crippen molar-refractivity contribution in [3.63, 3.8) is 0 Å². The largest absolute Gasteiger partial charge is 0.342 e. The van der Waals surface area contributed by atoms with E-state index in [9.17, 15) is 4.79 Å². The molecule has 1 amide bonds. The van der Waals surface area contributed by atoms with Gasteiger partial charge >= 0.3 is 0 Å². The van der Waals surface area contributed by atoms with Crippen molar-refractivity contribution in [1.82, 2.24) is 19.7 Å². The number of nitrogens with zero attached hydrogens (tertiary/aromatic N) is 4. The molecule has 0 aliphatic carbocycles. The van der Waals surface area contributed by atoms with Crippen LogP contribution in [-0.2, 0) is 11.2 Å². The van der Waals surface area contributed by atoms with Crippen LogP contribution >= 0.6 is 0 Å². The highest BCUT2D eigenvalue weighted by molar-refractivity contribution is 5.81. The fourth-order valence-electron chi connectivity index (χ4n) is 3.62. The lowest BCUT2D eigenvalue weighted by Crippen LogP contribution is -2.38. The standard InChI is InChI=1S/C21H30N4O/c1-15(2)25-19(9-11-22-25)18-8-6-7-17(23-18)13-16-10-12-24(14-16)20(26)21(3,4)5/h6-9,11,15-16H,10,12-14H2,1-5H3/t16-/m0/s1. The van der Waals surface area contributed by atoms with E-state index >= 15 is 0 Å². The van der Waals surface area contributed by atoms with E-state index in [1.165, 1.54) is 0 Å². The molecule has 0 saturated carbocycles. The average Bonchev–Trinajstić information content (AvgIpc) is 3.22. The Bertz CT molecular complexity index is 772. The third-order valence-electron chi connectivity index (χ3n) is 4.94. The summed E-state index contributed by atoms with van der Waals surface area (Å²) in [6.07, 6.45) is 3.80. The van der Waals surface area contributed by atoms with E-state index < -0.39 is 0 Å². The fourth-order valence-corrected chi connectivity index (χ4v) is 3.62. The van der Waals surface area contributed by atoms with Gasteiger partial charge in [-0.05, 0) is 50.8 Å². The van der Waals surface area contributed by atoms with Gasteiger partial charge in [0.05, 0.1) is 11.4 Å². The summed E-state index contributed by atoms with van der Waals surface area (Å²) in [4.78, 5) is 19.4. The summed E-state index contributed by atoms with van der Waals surface area (Å²) in [5, 5.41) is 4.41. The summed E-state index contributed by atoms with van der Waals surface area (Å²) in [5.41, 5.74) is 2.81. The Kier molecular flexibility index (Phi) is 5.17. The van der Waals surface area contributed by atoms with E-state index in [-0.39, 0.29) is 11.3 Å². The first-order chi connectivity index (χ1) is 12.3. The third kappa shape index (κ3) is 3.97. The Hall–Kier alpha value is -2.17. The highest BCUT2D eigenvalue weighted by Gasteiger charge is 2.32. The topological polar surface area (TPSA) is 51.0 Å². The second-order valence-corrected chi connectivity index (χ2v) is 8.63. The molecular formula is C21H30N4O. The van der Waals surface area contributed by atoms with E-state index in [0.717, 1.165) is 43.0 Å². The van der Waals surface area contributed by atoms with Crippen LogP contribution in [0.4, 0.5) is 0 Å². The van der Waals surface area contributed by atoms with Crippen LogP contribution in [0.5, 0.6) is 0 Å². The van der Waals surface area contributed by atoms with Crippen LogP contribution in [0.2, 0.25) is 0 Å². The predicted molar refractivity (Wildman–Crippen MR) is 104 cm³/mol. The van der Waals surface area contributed by atoms with Crippen molar-refractivity contribution in [1.29, 1.82) is 0 Å². The number of amides is 1. The molecule has 3 rings (SSSR count). The molecule has 1 fully saturated rings. The number of hydrogen-bond acceptors (Lipinski definition) is 3. The van der Waals surface area contributed by atoms with Gasteiger partial charge in [0.15, 0.2) is 0 Å². The van der Waals surface area contributed by atoms with Crippen LogP contribution in [0.15, 0.2) is 30.5 Å². The summed E-state index contributed by atoms with van der Waals surface area (Å²) < 4.78 is 2.01. The van der Waals surface area contributed by atoms with E-state index in [1.807, 2.05) is 48.7 Å². The number of likely N-dealkylation sites (tertiary alicyclic amines) is 1. The zero-order chi connectivity index (χ0) is 18.9. The van der Waals surface area contributed by atoms with Crippen molar-refractivity contribution >= 4 is 5.91 Å². The molecule has 1 aliphatic heterocycles. The maximum absolute atomic E-state index is 12.5. The highest BCUT2D eigenvalue weighted by Crippen LogP contribution is 2.27. The molecule has 1 saturated heterocycles. The summed E-state index contributed by atoms with van der Waals surface area (Å²) in [5.74, 6) is 0.738. The summed E-state index contributed by atoms with van der Waals surface area (Å²) >= 11 is 0. The Morgan fingerprint density at radius 2 is 2.04 bits per heavy atom. The minimum Gasteiger partial charge on any atom is -0.342 e. The lowest BCUT2D eigenvalue weighted by Gasteiger charge is -2.25. The first kappa shape index (κ1) is 18.6. The highest BCUT2D eigenvalue weighted by atomic mass is 16.2. The SMILES string of the molecule is CC(C)n1nccc1-c1cccc(C[C@@H]2CCN(C(=O)C(C)(C)C)C2)n1. The Labute approximate surface area is 156 Å². The molecule has 5 nitrogen and oxygen atoms in total. The molecule has 0 N–H and O–H groups in total. The fraction of sp³-hybridized carbons (Fsp3) is 0.571. The number of pyridine rings is 1. The van der Waals surface area contributed by atoms with Crippen LogP contribution in [-0.4, -0.2) is 38.7 Å². The van der Waals surface area contributed by atoms with E-state index in [4.69, 9.17) is 4.98 Å². The Morgan fingerprint density at radius 3 is 2.73 bits per heavy atom. The first-order valence-corrected chi connectivity index (χ1v) is 9.55. The van der Waals surface area contributed by atoms with Crippen molar-refractivity contribution in [2.45, 2.75) is 53.5 Å². The molecule has 0 bridgehead atoms. The van der Waals surface area contributed by atoms with Crippen LogP contribution in [0.1, 0.15) is 52.8 Å². The van der Waals surface area contributed by atoms with Crippen LogP contribution < -0.4 is 0 Å². The number of hydrogen-bond donors (Lipinski definition) is 0. The average molecular weight is 354 g/mol. The van der Waals surface area contributed by atoms with Gasteiger partial charge in [0, 0.05) is 36.4 Å². The molecule has 2 aromatic heterocycles. The van der Waals surface area contributed by atoms with Gasteiger partial charge in [-0.15, -0.1) is 0 Å². The molecule has 1 aliphatic rings. The number of aromatic nitrogens is 3. The van der Waals surface area contributed by atoms with Crippen molar-refractivity contribution in [3.05, 3.63) is 36.2 Å². The molecular weight excluding hydrogens is 324 g/mol. The molecule has 0 radical (unpaired) electrons. The molecule has 1 atom stereocenters. The van der Waals surface area contributed by atoms with Crippen LogP contribution in [0.25, 0.3) is 11.4 Å². The molecule has 3 heterocycles. The first-order valence-electron chi connectivity index (χ1n) is 9.55. The lowest BCUT2D eigenvalue weighted by molar-refractivity contribution is -0.138. The van der Waals surface area contributed by atoms with Gasteiger partial charge in [-0.3, -0.25) is 14.5 Å². The predicted octanol–water partition coefficient (Wildman–Crippen LogP) is 3.96. The van der Waals surface area contributed by atoms with Crippen molar-refractivity contribution in [2.24, 2.45) is 11.3 Å². The van der Waals surface area contributed by atoms with E-state index in [2.05, 4.69) is 31.1 Å². The Balaban J connectivity index is 1.70. The molecule has 140 valence electrons. The monoisotopic (exact) mass is 354 g/mol. The minimum absolute atomic E-state index is 0.252. The smallest absolute Gasteiger partial charge is 0.227 e. The molecule has 0 unspecified atom stereocenters. The zero-order valence-electron chi connectivity index (χ0n) is 16.6. The van der Waals surface area contributed by atoms with Gasteiger partial charge in [0.1, 0.15) is 0 Å². The molecule has 26 heavy (non-hydrogen) atoms. The Morgan fingerprint density at radius 1 is 1.27 bits per heavy atom. The molecule has 2 aromatic rings. The lowest BCUT2D eigenvalue weighted by atomic mass is 9.95. The summed E-state index contributed by atoms with van der Waals surface area (Å²) in [6, 6.07) is 8.53. The van der Waals surface area contributed by atoms with Crippen molar-refractivity contribution in [2.75, 3.05) is 13.1 Å². The normalized spacial score (nSPS) is 17.9. The molecule has 5 heteroatoms. The zero-order valence-corrected chi connectivity index (χ0v) is 16.6. The maximum atomic E-state index is 12.5. The van der Waals surface area contributed by atoms with E-state index in [0.29, 0.717) is 12.0 Å². The van der Waals surface area contributed by atoms with Gasteiger partial charge in [-0.25, -0.2) is 0 Å². The third-order valence-corrected chi connectivity index (χ3v) is 4.94. The second-order valence-electron chi connectivity index (χ2n) is 8.63. The number of carbonyl (C=O) groups excluding carboxylic acids is 1. The van der Waals surface area contributed by atoms with Crippen LogP contribution in [0, 0.1) is 11.3 Å². The maximum Gasteiger partial charge on any atom is 0.227 e. The van der Waals surface area contributed by atoms with Gasteiger partial charge in [0.25, 0.3) is 0 Å². The van der Waals surface area contributed by atoms with Gasteiger partial charge in [-0.2, -0.15) is 5.10 Å². The summed E-state index contributed by atoms with van der Waals surface area (Å²) in [7, 11) is 0. The van der Waals surface area contributed by atoms with Gasteiger partial charge in [0.2, 0.25) is 5.91 Å².